The topological polar surface area (TPSA) is 35.5 Å². The summed E-state index contributed by atoms with van der Waals surface area (Å²) >= 11 is 0. The summed E-state index contributed by atoms with van der Waals surface area (Å²) in [4.78, 5) is 0. The van der Waals surface area contributed by atoms with Gasteiger partial charge in [-0.15, -0.1) is 0 Å². The molecule has 0 unspecified atom stereocenters. The molecule has 0 aromatic rings. The molecule has 0 N–H and O–H groups in total. The molecule has 0 saturated heterocycles. The molecule has 20 heavy (non-hydrogen) atoms. The van der Waals surface area contributed by atoms with Gasteiger partial charge in [0.25, 0.3) is 0 Å². The maximum atomic E-state index is 12.9. The molecule has 0 amide bonds. The molecule has 120 valence electrons. The van der Waals surface area contributed by atoms with Crippen molar-refractivity contribution in [3.63, 3.8) is 0 Å². The highest BCUT2D eigenvalue weighted by Gasteiger charge is 2.28. The summed E-state index contributed by atoms with van der Waals surface area (Å²) in [5, 5.41) is 0.894. The standard InChI is InChI=1S/C16H33O3P/c1-5-9-11-13-15-16(14-12-10-6-2)20(17,18-7-3)19-8-4/h14H,5-13,15H2,1-4H3/b16-14-. The molecule has 0 aromatic carbocycles. The molecule has 0 heterocycles. The molecular formula is C16H33O3P. The van der Waals surface area contributed by atoms with Crippen molar-refractivity contribution in [2.75, 3.05) is 13.2 Å². The summed E-state index contributed by atoms with van der Waals surface area (Å²) in [5.41, 5.74) is 0. The van der Waals surface area contributed by atoms with Gasteiger partial charge in [-0.1, -0.05) is 52.0 Å². The summed E-state index contributed by atoms with van der Waals surface area (Å²) in [6.07, 6.45) is 10.9. The third-order valence-electron chi connectivity index (χ3n) is 3.17. The van der Waals surface area contributed by atoms with E-state index in [1.54, 1.807) is 0 Å². The monoisotopic (exact) mass is 304 g/mol. The Labute approximate surface area is 125 Å². The summed E-state index contributed by atoms with van der Waals surface area (Å²) in [6, 6.07) is 0. The molecule has 0 aromatic heterocycles. The van der Waals surface area contributed by atoms with Crippen LogP contribution in [0, 0.1) is 0 Å². The second-order valence-corrected chi connectivity index (χ2v) is 7.07. The van der Waals surface area contributed by atoms with Gasteiger partial charge < -0.3 is 9.05 Å². The van der Waals surface area contributed by atoms with Gasteiger partial charge in [-0.05, 0) is 33.1 Å². The minimum absolute atomic E-state index is 0.428. The molecule has 0 atom stereocenters. The van der Waals surface area contributed by atoms with Crippen molar-refractivity contribution in [1.82, 2.24) is 0 Å². The smallest absolute Gasteiger partial charge is 0.306 e. The van der Waals surface area contributed by atoms with Gasteiger partial charge in [0, 0.05) is 5.31 Å². The Bertz CT molecular complexity index is 290. The molecule has 0 bridgehead atoms. The number of unbranched alkanes of at least 4 members (excludes halogenated alkanes) is 5. The van der Waals surface area contributed by atoms with Gasteiger partial charge in [0.1, 0.15) is 0 Å². The molecule has 0 fully saturated rings. The molecule has 0 aliphatic rings. The first-order valence-electron chi connectivity index (χ1n) is 8.23. The maximum Gasteiger partial charge on any atom is 0.356 e. The Morgan fingerprint density at radius 2 is 1.50 bits per heavy atom. The molecule has 3 nitrogen and oxygen atoms in total. The first kappa shape index (κ1) is 19.9. The van der Waals surface area contributed by atoms with Crippen LogP contribution >= 0.6 is 7.60 Å². The normalized spacial score (nSPS) is 12.9. The molecule has 0 aliphatic carbocycles. The Morgan fingerprint density at radius 1 is 0.900 bits per heavy atom. The van der Waals surface area contributed by atoms with Gasteiger partial charge in [0.05, 0.1) is 13.2 Å². The average molecular weight is 304 g/mol. The van der Waals surface area contributed by atoms with E-state index < -0.39 is 7.60 Å². The van der Waals surface area contributed by atoms with E-state index in [-0.39, 0.29) is 0 Å². The molecule has 0 aliphatic heterocycles. The van der Waals surface area contributed by atoms with Gasteiger partial charge in [0.15, 0.2) is 0 Å². The lowest BCUT2D eigenvalue weighted by atomic mass is 10.1. The van der Waals surface area contributed by atoms with Crippen LogP contribution < -0.4 is 0 Å². The third kappa shape index (κ3) is 8.24. The largest absolute Gasteiger partial charge is 0.356 e. The first-order valence-corrected chi connectivity index (χ1v) is 9.77. The van der Waals surface area contributed by atoms with Gasteiger partial charge in [-0.2, -0.15) is 0 Å². The van der Waals surface area contributed by atoms with Crippen molar-refractivity contribution in [2.24, 2.45) is 0 Å². The van der Waals surface area contributed by atoms with E-state index in [0.717, 1.165) is 37.4 Å². The van der Waals surface area contributed by atoms with Crippen LogP contribution in [0.4, 0.5) is 0 Å². The predicted molar refractivity (Wildman–Crippen MR) is 87.2 cm³/mol. The van der Waals surface area contributed by atoms with Gasteiger partial charge in [-0.3, -0.25) is 4.57 Å². The SMILES string of the molecule is CCCC/C=C(/CCCCCC)P(=O)(OCC)OCC. The van der Waals surface area contributed by atoms with Crippen LogP contribution in [0.15, 0.2) is 11.4 Å². The molecule has 0 rings (SSSR count). The van der Waals surface area contributed by atoms with Crippen LogP contribution in [-0.2, 0) is 13.6 Å². The predicted octanol–water partition coefficient (Wildman–Crippen LogP) is 6.30. The van der Waals surface area contributed by atoms with Gasteiger partial charge >= 0.3 is 7.60 Å². The molecule has 4 heteroatoms. The second-order valence-electron chi connectivity index (χ2n) is 4.98. The van der Waals surface area contributed by atoms with Crippen LogP contribution in [0.25, 0.3) is 0 Å². The van der Waals surface area contributed by atoms with E-state index in [4.69, 9.17) is 9.05 Å². The molecule has 0 saturated carbocycles. The van der Waals surface area contributed by atoms with Crippen molar-refractivity contribution < 1.29 is 13.6 Å². The number of hydrogen-bond acceptors (Lipinski definition) is 3. The molecule has 0 radical (unpaired) electrons. The quantitative estimate of drug-likeness (QED) is 0.296. The Kier molecular flexibility index (Phi) is 12.5. The lowest BCUT2D eigenvalue weighted by molar-refractivity contribution is 0.225. The van der Waals surface area contributed by atoms with Crippen LogP contribution in [0.5, 0.6) is 0 Å². The highest BCUT2D eigenvalue weighted by molar-refractivity contribution is 7.58. The Hall–Kier alpha value is -0.110. The van der Waals surface area contributed by atoms with Crippen LogP contribution in [0.2, 0.25) is 0 Å². The van der Waals surface area contributed by atoms with Crippen molar-refractivity contribution in [2.45, 2.75) is 79.1 Å². The fourth-order valence-corrected chi connectivity index (χ4v) is 3.97. The van der Waals surface area contributed by atoms with Crippen LogP contribution in [0.1, 0.15) is 79.1 Å². The van der Waals surface area contributed by atoms with Crippen LogP contribution in [-0.4, -0.2) is 13.2 Å². The summed E-state index contributed by atoms with van der Waals surface area (Å²) in [7, 11) is -3.06. The number of allylic oxidation sites excluding steroid dienone is 2. The van der Waals surface area contributed by atoms with Crippen LogP contribution in [0.3, 0.4) is 0 Å². The second kappa shape index (κ2) is 12.6. The Morgan fingerprint density at radius 3 is 2.00 bits per heavy atom. The maximum absolute atomic E-state index is 12.9. The van der Waals surface area contributed by atoms with Crippen molar-refractivity contribution >= 4 is 7.60 Å². The van der Waals surface area contributed by atoms with Crippen molar-refractivity contribution in [1.29, 1.82) is 0 Å². The summed E-state index contributed by atoms with van der Waals surface area (Å²) in [6.45, 7) is 8.95. The van der Waals surface area contributed by atoms with E-state index in [2.05, 4.69) is 19.9 Å². The third-order valence-corrected chi connectivity index (χ3v) is 5.48. The Balaban J connectivity index is 4.76. The zero-order chi connectivity index (χ0) is 15.3. The van der Waals surface area contributed by atoms with E-state index in [1.807, 2.05) is 13.8 Å². The highest BCUT2D eigenvalue weighted by Crippen LogP contribution is 2.57. The first-order chi connectivity index (χ1) is 9.64. The molecular weight excluding hydrogens is 271 g/mol. The zero-order valence-electron chi connectivity index (χ0n) is 13.8. The minimum atomic E-state index is -3.06. The molecule has 0 spiro atoms. The lowest BCUT2D eigenvalue weighted by Crippen LogP contribution is -1.99. The summed E-state index contributed by atoms with van der Waals surface area (Å²) in [5.74, 6) is 0. The van der Waals surface area contributed by atoms with E-state index in [1.165, 1.54) is 19.3 Å². The number of hydrogen-bond donors (Lipinski definition) is 0. The highest BCUT2D eigenvalue weighted by atomic mass is 31.2. The minimum Gasteiger partial charge on any atom is -0.306 e. The summed E-state index contributed by atoms with van der Waals surface area (Å²) < 4.78 is 23.8. The zero-order valence-corrected chi connectivity index (χ0v) is 14.7. The fourth-order valence-electron chi connectivity index (χ4n) is 2.10. The van der Waals surface area contributed by atoms with E-state index in [0.29, 0.717) is 13.2 Å². The van der Waals surface area contributed by atoms with Crippen molar-refractivity contribution in [3.8, 4) is 0 Å². The fraction of sp³-hybridized carbons (Fsp3) is 0.875. The van der Waals surface area contributed by atoms with Gasteiger partial charge in [0.2, 0.25) is 0 Å². The van der Waals surface area contributed by atoms with E-state index in [9.17, 15) is 4.57 Å². The van der Waals surface area contributed by atoms with E-state index >= 15 is 0 Å². The average Bonchev–Trinajstić information content (AvgIpc) is 2.42. The number of rotatable bonds is 13. The lowest BCUT2D eigenvalue weighted by Gasteiger charge is -2.20. The van der Waals surface area contributed by atoms with Crippen molar-refractivity contribution in [3.05, 3.63) is 11.4 Å². The van der Waals surface area contributed by atoms with Gasteiger partial charge in [-0.25, -0.2) is 0 Å².